The van der Waals surface area contributed by atoms with Crippen LogP contribution in [0, 0.1) is 6.92 Å². The van der Waals surface area contributed by atoms with Gasteiger partial charge >= 0.3 is 12.2 Å². The Morgan fingerprint density at radius 3 is 2.36 bits per heavy atom. The molecule has 0 saturated heterocycles. The van der Waals surface area contributed by atoms with Crippen LogP contribution >= 0.6 is 0 Å². The largest absolute Gasteiger partial charge is 0.416 e. The van der Waals surface area contributed by atoms with Crippen LogP contribution in [0.4, 0.5) is 23.7 Å². The molecule has 0 aliphatic carbocycles. The molecule has 0 saturated carbocycles. The number of rotatable bonds is 3. The van der Waals surface area contributed by atoms with Gasteiger partial charge in [0.2, 0.25) is 0 Å². The molecular weight excluding hydrogens is 299 g/mol. The first kappa shape index (κ1) is 15.8. The predicted molar refractivity (Wildman–Crippen MR) is 73.0 cm³/mol. The second kappa shape index (κ2) is 6.04. The van der Waals surface area contributed by atoms with E-state index in [2.05, 4.69) is 20.8 Å². The van der Waals surface area contributed by atoms with Crippen molar-refractivity contribution in [1.29, 1.82) is 0 Å². The molecule has 1 heterocycles. The van der Waals surface area contributed by atoms with Gasteiger partial charge in [-0.2, -0.15) is 13.2 Å². The molecule has 22 heavy (non-hydrogen) atoms. The lowest BCUT2D eigenvalue weighted by atomic mass is 10.2. The van der Waals surface area contributed by atoms with Crippen LogP contribution in [0.15, 0.2) is 24.3 Å². The van der Waals surface area contributed by atoms with Crippen molar-refractivity contribution in [2.24, 2.45) is 7.05 Å². The van der Waals surface area contributed by atoms with E-state index in [1.165, 1.54) is 12.1 Å². The number of anilines is 1. The number of carbonyl (C=O) groups is 1. The molecule has 0 unspecified atom stereocenters. The van der Waals surface area contributed by atoms with Gasteiger partial charge in [-0.3, -0.25) is 0 Å². The van der Waals surface area contributed by atoms with Crippen molar-refractivity contribution in [3.8, 4) is 0 Å². The number of halogens is 3. The molecule has 1 aromatic heterocycles. The van der Waals surface area contributed by atoms with E-state index in [1.54, 1.807) is 18.5 Å². The van der Waals surface area contributed by atoms with E-state index in [-0.39, 0.29) is 12.2 Å². The predicted octanol–water partition coefficient (Wildman–Crippen LogP) is 2.46. The van der Waals surface area contributed by atoms with Gasteiger partial charge < -0.3 is 15.2 Å². The summed E-state index contributed by atoms with van der Waals surface area (Å²) in [6, 6.07) is 3.65. The van der Waals surface area contributed by atoms with Crippen LogP contribution in [-0.2, 0) is 19.8 Å². The Kier molecular flexibility index (Phi) is 4.34. The fraction of sp³-hybridized carbons (Fsp3) is 0.308. The number of aromatic nitrogens is 3. The standard InChI is InChI=1S/C13H14F3N5O/c1-8-19-20-11(21(8)2)7-17-12(22)18-10-5-3-9(4-6-10)13(14,15)16/h3-6H,7H2,1-2H3,(H2,17,18,22). The molecular formula is C13H14F3N5O. The van der Waals surface area contributed by atoms with Gasteiger partial charge in [-0.1, -0.05) is 0 Å². The Hall–Kier alpha value is -2.58. The van der Waals surface area contributed by atoms with Crippen molar-refractivity contribution in [2.45, 2.75) is 19.6 Å². The number of amides is 2. The van der Waals surface area contributed by atoms with Crippen LogP contribution in [0.1, 0.15) is 17.2 Å². The average Bonchev–Trinajstić information content (AvgIpc) is 2.76. The Morgan fingerprint density at radius 1 is 1.23 bits per heavy atom. The van der Waals surface area contributed by atoms with Gasteiger partial charge in [-0.25, -0.2) is 4.79 Å². The summed E-state index contributed by atoms with van der Waals surface area (Å²) in [4.78, 5) is 11.7. The zero-order valence-electron chi connectivity index (χ0n) is 11.9. The Labute approximate surface area is 124 Å². The number of alkyl halides is 3. The monoisotopic (exact) mass is 313 g/mol. The molecule has 9 heteroatoms. The molecule has 2 amide bonds. The molecule has 6 nitrogen and oxygen atoms in total. The highest BCUT2D eigenvalue weighted by Gasteiger charge is 2.29. The molecule has 0 aliphatic heterocycles. The van der Waals surface area contributed by atoms with E-state index in [9.17, 15) is 18.0 Å². The average molecular weight is 313 g/mol. The molecule has 0 spiro atoms. The molecule has 0 aliphatic rings. The molecule has 2 aromatic rings. The highest BCUT2D eigenvalue weighted by atomic mass is 19.4. The number of urea groups is 1. The van der Waals surface area contributed by atoms with Crippen LogP contribution in [0.2, 0.25) is 0 Å². The first-order valence-electron chi connectivity index (χ1n) is 6.34. The third kappa shape index (κ3) is 3.74. The Morgan fingerprint density at radius 2 is 1.86 bits per heavy atom. The van der Waals surface area contributed by atoms with Gasteiger partial charge in [0, 0.05) is 12.7 Å². The number of hydrogen-bond donors (Lipinski definition) is 2. The molecule has 2 rings (SSSR count). The summed E-state index contributed by atoms with van der Waals surface area (Å²) in [5, 5.41) is 12.7. The minimum absolute atomic E-state index is 0.157. The second-order valence-electron chi connectivity index (χ2n) is 4.61. The molecule has 0 atom stereocenters. The smallest absolute Gasteiger partial charge is 0.331 e. The SMILES string of the molecule is Cc1nnc(CNC(=O)Nc2ccc(C(F)(F)F)cc2)n1C. The quantitative estimate of drug-likeness (QED) is 0.914. The maximum atomic E-state index is 12.4. The van der Waals surface area contributed by atoms with Gasteiger partial charge in [-0.05, 0) is 31.2 Å². The topological polar surface area (TPSA) is 71.8 Å². The van der Waals surface area contributed by atoms with E-state index >= 15 is 0 Å². The summed E-state index contributed by atoms with van der Waals surface area (Å²) in [6.45, 7) is 1.93. The van der Waals surface area contributed by atoms with Crippen LogP contribution in [-0.4, -0.2) is 20.8 Å². The zero-order chi connectivity index (χ0) is 16.3. The lowest BCUT2D eigenvalue weighted by molar-refractivity contribution is -0.137. The zero-order valence-corrected chi connectivity index (χ0v) is 11.9. The summed E-state index contributed by atoms with van der Waals surface area (Å²) in [6.07, 6.45) is -4.40. The minimum Gasteiger partial charge on any atom is -0.331 e. The van der Waals surface area contributed by atoms with Crippen molar-refractivity contribution in [3.05, 3.63) is 41.5 Å². The highest BCUT2D eigenvalue weighted by molar-refractivity contribution is 5.89. The third-order valence-electron chi connectivity index (χ3n) is 3.06. The summed E-state index contributed by atoms with van der Waals surface area (Å²) >= 11 is 0. The summed E-state index contributed by atoms with van der Waals surface area (Å²) in [7, 11) is 1.76. The van der Waals surface area contributed by atoms with Crippen molar-refractivity contribution < 1.29 is 18.0 Å². The van der Waals surface area contributed by atoms with Crippen LogP contribution in [0.5, 0.6) is 0 Å². The second-order valence-corrected chi connectivity index (χ2v) is 4.61. The van der Waals surface area contributed by atoms with Crippen molar-refractivity contribution in [2.75, 3.05) is 5.32 Å². The van der Waals surface area contributed by atoms with Crippen LogP contribution in [0.25, 0.3) is 0 Å². The van der Waals surface area contributed by atoms with Crippen LogP contribution < -0.4 is 10.6 Å². The van der Waals surface area contributed by atoms with Crippen molar-refractivity contribution in [1.82, 2.24) is 20.1 Å². The van der Waals surface area contributed by atoms with E-state index in [0.717, 1.165) is 12.1 Å². The lowest BCUT2D eigenvalue weighted by Crippen LogP contribution is -2.29. The number of nitrogens with zero attached hydrogens (tertiary/aromatic N) is 3. The molecule has 0 radical (unpaired) electrons. The lowest BCUT2D eigenvalue weighted by Gasteiger charge is -2.09. The van der Waals surface area contributed by atoms with Crippen LogP contribution in [0.3, 0.4) is 0 Å². The Balaban J connectivity index is 1.91. The molecule has 2 N–H and O–H groups in total. The highest BCUT2D eigenvalue weighted by Crippen LogP contribution is 2.29. The summed E-state index contributed by atoms with van der Waals surface area (Å²) in [5.41, 5.74) is -0.507. The first-order valence-corrected chi connectivity index (χ1v) is 6.34. The number of hydrogen-bond acceptors (Lipinski definition) is 3. The number of aryl methyl sites for hydroxylation is 1. The fourth-order valence-corrected chi connectivity index (χ4v) is 1.68. The molecule has 1 aromatic carbocycles. The fourth-order valence-electron chi connectivity index (χ4n) is 1.68. The summed E-state index contributed by atoms with van der Waals surface area (Å²) < 4.78 is 39.0. The Bertz CT molecular complexity index is 663. The number of carbonyl (C=O) groups excluding carboxylic acids is 1. The van der Waals surface area contributed by atoms with E-state index in [4.69, 9.17) is 0 Å². The minimum atomic E-state index is -4.40. The van der Waals surface area contributed by atoms with Crippen molar-refractivity contribution in [3.63, 3.8) is 0 Å². The van der Waals surface area contributed by atoms with E-state index in [1.807, 2.05) is 0 Å². The van der Waals surface area contributed by atoms with Gasteiger partial charge in [0.1, 0.15) is 5.82 Å². The van der Waals surface area contributed by atoms with E-state index < -0.39 is 17.8 Å². The third-order valence-corrected chi connectivity index (χ3v) is 3.06. The molecule has 118 valence electrons. The first-order chi connectivity index (χ1) is 10.3. The molecule has 0 bridgehead atoms. The normalized spacial score (nSPS) is 11.3. The van der Waals surface area contributed by atoms with Gasteiger partial charge in [-0.15, -0.1) is 10.2 Å². The van der Waals surface area contributed by atoms with Gasteiger partial charge in [0.15, 0.2) is 5.82 Å². The molecule has 0 fully saturated rings. The van der Waals surface area contributed by atoms with Gasteiger partial charge in [0.05, 0.1) is 12.1 Å². The number of nitrogens with one attached hydrogen (secondary N) is 2. The maximum absolute atomic E-state index is 12.4. The number of benzene rings is 1. The van der Waals surface area contributed by atoms with E-state index in [0.29, 0.717) is 11.6 Å². The maximum Gasteiger partial charge on any atom is 0.416 e. The van der Waals surface area contributed by atoms with Crippen molar-refractivity contribution >= 4 is 11.7 Å². The van der Waals surface area contributed by atoms with Gasteiger partial charge in [0.25, 0.3) is 0 Å². The summed E-state index contributed by atoms with van der Waals surface area (Å²) in [5.74, 6) is 1.28.